The molecule has 8 heteroatoms. The van der Waals surface area contributed by atoms with Crippen molar-refractivity contribution in [3.63, 3.8) is 0 Å². The summed E-state index contributed by atoms with van der Waals surface area (Å²) in [6.45, 7) is 1.39. The molecule has 0 saturated carbocycles. The first-order valence-electron chi connectivity index (χ1n) is 10.4. The molecule has 1 aromatic carbocycles. The summed E-state index contributed by atoms with van der Waals surface area (Å²) in [5.74, 6) is -0.505. The topological polar surface area (TPSA) is 95.9 Å². The molecule has 0 aliphatic carbocycles. The normalized spacial score (nSPS) is 14.1. The van der Waals surface area contributed by atoms with Crippen LogP contribution in [0.2, 0.25) is 0 Å². The quantitative estimate of drug-likeness (QED) is 0.590. The van der Waals surface area contributed by atoms with Gasteiger partial charge in [0.05, 0.1) is 6.26 Å². The molecule has 2 amide bonds. The van der Waals surface area contributed by atoms with Gasteiger partial charge in [0, 0.05) is 49.7 Å². The number of furan rings is 1. The summed E-state index contributed by atoms with van der Waals surface area (Å²) in [5.41, 5.74) is 2.25. The Balaban J connectivity index is 1.15. The number of ether oxygens (including phenoxy) is 1. The minimum Gasteiger partial charge on any atom is -0.459 e. The molecule has 1 aliphatic rings. The number of amides is 2. The molecule has 3 heterocycles. The van der Waals surface area contributed by atoms with Gasteiger partial charge in [-0.15, -0.1) is 0 Å². The average molecular weight is 423 g/mol. The third-order valence-electron chi connectivity index (χ3n) is 5.51. The van der Waals surface area contributed by atoms with E-state index < -0.39 is 0 Å². The van der Waals surface area contributed by atoms with E-state index in [0.717, 1.165) is 17.3 Å². The summed E-state index contributed by atoms with van der Waals surface area (Å²) < 4.78 is 10.3. The summed E-state index contributed by atoms with van der Waals surface area (Å²) in [6, 6.07) is 11.3. The van der Waals surface area contributed by atoms with Crippen LogP contribution >= 0.6 is 0 Å². The molecule has 1 aliphatic heterocycles. The van der Waals surface area contributed by atoms with E-state index in [1.807, 2.05) is 24.4 Å². The number of rotatable bonds is 7. The lowest BCUT2D eigenvalue weighted by molar-refractivity contribution is -0.152. The molecule has 3 aromatic rings. The second kappa shape index (κ2) is 9.51. The van der Waals surface area contributed by atoms with Crippen LogP contribution in [0.15, 0.2) is 53.3 Å². The number of carbonyl (C=O) groups is 3. The minimum atomic E-state index is -0.375. The van der Waals surface area contributed by atoms with Gasteiger partial charge >= 0.3 is 5.97 Å². The number of esters is 1. The van der Waals surface area contributed by atoms with E-state index in [-0.39, 0.29) is 30.8 Å². The fraction of sp³-hybridized carbons (Fsp3) is 0.348. The molecule has 0 unspecified atom stereocenters. The molecule has 31 heavy (non-hydrogen) atoms. The zero-order chi connectivity index (χ0) is 21.6. The lowest BCUT2D eigenvalue weighted by Crippen LogP contribution is -2.51. The Morgan fingerprint density at radius 2 is 1.77 bits per heavy atom. The van der Waals surface area contributed by atoms with Gasteiger partial charge < -0.3 is 23.9 Å². The minimum absolute atomic E-state index is 0.182. The SMILES string of the molecule is O=C(CCCc1c[nH]c2ccccc12)OCC(=O)N1CCN(C(=O)c2ccco2)CC1. The van der Waals surface area contributed by atoms with Crippen LogP contribution in [0.1, 0.15) is 29.0 Å². The van der Waals surface area contributed by atoms with Gasteiger partial charge in [0.2, 0.25) is 0 Å². The maximum Gasteiger partial charge on any atom is 0.306 e. The Bertz CT molecular complexity index is 1050. The third kappa shape index (κ3) is 4.96. The van der Waals surface area contributed by atoms with Crippen LogP contribution in [0, 0.1) is 0 Å². The molecule has 1 N–H and O–H groups in total. The molecule has 0 spiro atoms. The number of carbonyl (C=O) groups excluding carboxylic acids is 3. The Labute approximate surface area is 179 Å². The highest BCUT2D eigenvalue weighted by atomic mass is 16.5. The number of nitrogens with one attached hydrogen (secondary N) is 1. The van der Waals surface area contributed by atoms with Crippen LogP contribution in [0.25, 0.3) is 10.9 Å². The van der Waals surface area contributed by atoms with E-state index >= 15 is 0 Å². The van der Waals surface area contributed by atoms with Gasteiger partial charge in [-0.3, -0.25) is 14.4 Å². The van der Waals surface area contributed by atoms with Crippen molar-refractivity contribution in [2.24, 2.45) is 0 Å². The van der Waals surface area contributed by atoms with Crippen LogP contribution < -0.4 is 0 Å². The number of fused-ring (bicyclic) bond motifs is 1. The highest BCUT2D eigenvalue weighted by Gasteiger charge is 2.26. The molecule has 162 valence electrons. The highest BCUT2D eigenvalue weighted by Crippen LogP contribution is 2.19. The van der Waals surface area contributed by atoms with Crippen molar-refractivity contribution in [3.8, 4) is 0 Å². The first-order chi connectivity index (χ1) is 15.1. The summed E-state index contributed by atoms with van der Waals surface area (Å²) >= 11 is 0. The van der Waals surface area contributed by atoms with Crippen LogP contribution in [0.4, 0.5) is 0 Å². The molecule has 0 atom stereocenters. The number of aryl methyl sites for hydroxylation is 1. The number of hydrogen-bond donors (Lipinski definition) is 1. The van der Waals surface area contributed by atoms with Crippen molar-refractivity contribution in [2.45, 2.75) is 19.3 Å². The standard InChI is InChI=1S/C23H25N3O5/c27-21(25-10-12-26(13-11-25)23(29)20-8-4-14-30-20)16-31-22(28)9-3-5-17-15-24-19-7-2-1-6-18(17)19/h1-2,4,6-8,14-15,24H,3,5,9-13,16H2. The van der Waals surface area contributed by atoms with Gasteiger partial charge in [-0.1, -0.05) is 18.2 Å². The number of H-pyrrole nitrogens is 1. The van der Waals surface area contributed by atoms with E-state index in [1.54, 1.807) is 21.9 Å². The largest absolute Gasteiger partial charge is 0.459 e. The van der Waals surface area contributed by atoms with Gasteiger partial charge in [-0.25, -0.2) is 0 Å². The molecule has 1 fully saturated rings. The first-order valence-corrected chi connectivity index (χ1v) is 10.4. The van der Waals surface area contributed by atoms with Crippen molar-refractivity contribution >= 4 is 28.7 Å². The lowest BCUT2D eigenvalue weighted by Gasteiger charge is -2.34. The summed E-state index contributed by atoms with van der Waals surface area (Å²) in [7, 11) is 0. The van der Waals surface area contributed by atoms with Crippen molar-refractivity contribution < 1.29 is 23.5 Å². The summed E-state index contributed by atoms with van der Waals surface area (Å²) in [5, 5.41) is 1.16. The van der Waals surface area contributed by atoms with Gasteiger partial charge in [0.25, 0.3) is 11.8 Å². The Morgan fingerprint density at radius 1 is 1.00 bits per heavy atom. The number of para-hydroxylation sites is 1. The second-order valence-electron chi connectivity index (χ2n) is 7.52. The molecular weight excluding hydrogens is 398 g/mol. The van der Waals surface area contributed by atoms with Crippen LogP contribution in [-0.4, -0.2) is 65.4 Å². The van der Waals surface area contributed by atoms with E-state index in [9.17, 15) is 14.4 Å². The summed E-state index contributed by atoms with van der Waals surface area (Å²) in [6.07, 6.45) is 5.11. The highest BCUT2D eigenvalue weighted by molar-refractivity contribution is 5.91. The van der Waals surface area contributed by atoms with E-state index in [1.165, 1.54) is 11.8 Å². The maximum absolute atomic E-state index is 12.3. The molecule has 0 radical (unpaired) electrons. The Morgan fingerprint density at radius 3 is 2.55 bits per heavy atom. The van der Waals surface area contributed by atoms with Crippen molar-refractivity contribution in [1.82, 2.24) is 14.8 Å². The molecule has 1 saturated heterocycles. The number of aromatic amines is 1. The number of benzene rings is 1. The van der Waals surface area contributed by atoms with Crippen molar-refractivity contribution in [2.75, 3.05) is 32.8 Å². The number of nitrogens with zero attached hydrogens (tertiary/aromatic N) is 2. The van der Waals surface area contributed by atoms with E-state index in [4.69, 9.17) is 9.15 Å². The van der Waals surface area contributed by atoms with Crippen LogP contribution in [0.5, 0.6) is 0 Å². The monoisotopic (exact) mass is 423 g/mol. The number of aromatic nitrogens is 1. The Kier molecular flexibility index (Phi) is 6.35. The fourth-order valence-corrected chi connectivity index (χ4v) is 3.78. The van der Waals surface area contributed by atoms with Crippen LogP contribution in [0.3, 0.4) is 0 Å². The fourth-order valence-electron chi connectivity index (χ4n) is 3.78. The molecule has 4 rings (SSSR count). The molecule has 0 bridgehead atoms. The van der Waals surface area contributed by atoms with Crippen molar-refractivity contribution in [1.29, 1.82) is 0 Å². The number of piperazine rings is 1. The van der Waals surface area contributed by atoms with Gasteiger partial charge in [0.1, 0.15) is 0 Å². The zero-order valence-electron chi connectivity index (χ0n) is 17.2. The Hall–Kier alpha value is -3.55. The second-order valence-corrected chi connectivity index (χ2v) is 7.52. The van der Waals surface area contributed by atoms with Gasteiger partial charge in [-0.05, 0) is 36.6 Å². The molecule has 8 nitrogen and oxygen atoms in total. The lowest BCUT2D eigenvalue weighted by atomic mass is 10.1. The molecule has 2 aromatic heterocycles. The van der Waals surface area contributed by atoms with Crippen molar-refractivity contribution in [3.05, 3.63) is 60.2 Å². The summed E-state index contributed by atoms with van der Waals surface area (Å²) in [4.78, 5) is 43.1. The predicted octanol–water partition coefficient (Wildman–Crippen LogP) is 2.61. The predicted molar refractivity (Wildman–Crippen MR) is 113 cm³/mol. The molecular formula is C23H25N3O5. The van der Waals surface area contributed by atoms with Crippen LogP contribution in [-0.2, 0) is 20.7 Å². The zero-order valence-corrected chi connectivity index (χ0v) is 17.2. The maximum atomic E-state index is 12.3. The van der Waals surface area contributed by atoms with E-state index in [0.29, 0.717) is 38.4 Å². The third-order valence-corrected chi connectivity index (χ3v) is 5.51. The van der Waals surface area contributed by atoms with Gasteiger partial charge in [-0.2, -0.15) is 0 Å². The number of hydrogen-bond acceptors (Lipinski definition) is 5. The van der Waals surface area contributed by atoms with E-state index in [2.05, 4.69) is 11.1 Å². The average Bonchev–Trinajstić information content (AvgIpc) is 3.48. The first kappa shape index (κ1) is 20.7. The smallest absolute Gasteiger partial charge is 0.306 e. The van der Waals surface area contributed by atoms with Gasteiger partial charge in [0.15, 0.2) is 12.4 Å².